The van der Waals surface area contributed by atoms with Crippen LogP contribution < -0.4 is 0 Å². The van der Waals surface area contributed by atoms with Crippen molar-refractivity contribution in [2.75, 3.05) is 0 Å². The molecular weight excluding hydrogens is 416 g/mol. The van der Waals surface area contributed by atoms with Crippen molar-refractivity contribution in [3.05, 3.63) is 11.6 Å². The molecule has 0 N–H and O–H groups in total. The number of ketones is 2. The van der Waals surface area contributed by atoms with Crippen molar-refractivity contribution in [3.63, 3.8) is 0 Å². The predicted molar refractivity (Wildman–Crippen MR) is 125 cm³/mol. The van der Waals surface area contributed by atoms with Crippen molar-refractivity contribution in [1.29, 1.82) is 0 Å². The van der Waals surface area contributed by atoms with Gasteiger partial charge in [-0.1, -0.05) is 32.3 Å². The molecule has 5 heteroatoms. The normalized spacial score (nSPS) is 40.0. The fraction of sp³-hybridized carbons (Fsp3) is 0.786. The van der Waals surface area contributed by atoms with Crippen molar-refractivity contribution in [2.24, 2.45) is 28.6 Å². The van der Waals surface area contributed by atoms with E-state index in [0.717, 1.165) is 69.6 Å². The lowest BCUT2D eigenvalue weighted by Gasteiger charge is -2.63. The van der Waals surface area contributed by atoms with E-state index in [4.69, 9.17) is 4.74 Å². The quantitative estimate of drug-likeness (QED) is 0.286. The Hall–Kier alpha value is -1.78. The lowest BCUT2D eigenvalue weighted by atomic mass is 9.42. The van der Waals surface area contributed by atoms with E-state index in [2.05, 4.69) is 13.8 Å². The summed E-state index contributed by atoms with van der Waals surface area (Å²) in [6.45, 7) is 5.88. The van der Waals surface area contributed by atoms with Crippen molar-refractivity contribution in [1.82, 2.24) is 0 Å². The maximum absolute atomic E-state index is 13.2. The van der Waals surface area contributed by atoms with E-state index in [1.807, 2.05) is 0 Å². The number of rotatable bonds is 7. The number of Topliss-reactive ketones (excluding diaryl/α,β-unsaturated/α-hetero) is 1. The zero-order valence-electron chi connectivity index (χ0n) is 20.6. The Kier molecular flexibility index (Phi) is 6.72. The topological polar surface area (TPSA) is 77.5 Å². The van der Waals surface area contributed by atoms with Crippen LogP contribution in [-0.2, 0) is 23.9 Å². The summed E-state index contributed by atoms with van der Waals surface area (Å²) in [6.07, 6.45) is 12.9. The molecule has 0 aromatic heterocycles. The third-order valence-electron chi connectivity index (χ3n) is 9.97. The van der Waals surface area contributed by atoms with Crippen LogP contribution in [0.3, 0.4) is 0 Å². The number of fused-ring (bicyclic) bond motifs is 5. The molecule has 4 aliphatic carbocycles. The van der Waals surface area contributed by atoms with E-state index in [1.54, 1.807) is 13.0 Å². The van der Waals surface area contributed by atoms with Gasteiger partial charge in [0.25, 0.3) is 0 Å². The number of carbonyl (C=O) groups is 4. The first-order chi connectivity index (χ1) is 15.7. The van der Waals surface area contributed by atoms with Crippen LogP contribution in [0, 0.1) is 28.6 Å². The Morgan fingerprint density at radius 3 is 2.58 bits per heavy atom. The summed E-state index contributed by atoms with van der Waals surface area (Å²) in [5.41, 5.74) is -0.952. The number of carbonyl (C=O) groups excluding carboxylic acids is 4. The lowest BCUT2D eigenvalue weighted by molar-refractivity contribution is -0.214. The van der Waals surface area contributed by atoms with Crippen LogP contribution >= 0.6 is 0 Å². The highest BCUT2D eigenvalue weighted by Crippen LogP contribution is 2.66. The van der Waals surface area contributed by atoms with Gasteiger partial charge < -0.3 is 9.53 Å². The Morgan fingerprint density at radius 1 is 1.09 bits per heavy atom. The smallest absolute Gasteiger partial charge is 0.306 e. The average molecular weight is 457 g/mol. The molecule has 3 saturated carbocycles. The largest absolute Gasteiger partial charge is 0.450 e. The molecule has 0 aromatic rings. The second-order valence-electron chi connectivity index (χ2n) is 11.4. The summed E-state index contributed by atoms with van der Waals surface area (Å²) in [6, 6.07) is 0. The summed E-state index contributed by atoms with van der Waals surface area (Å²) in [5.74, 6) is 0.646. The van der Waals surface area contributed by atoms with Gasteiger partial charge in [-0.15, -0.1) is 0 Å². The molecule has 0 heterocycles. The van der Waals surface area contributed by atoms with Crippen molar-refractivity contribution in [3.8, 4) is 0 Å². The predicted octanol–water partition coefficient (Wildman–Crippen LogP) is 5.54. The third-order valence-corrected chi connectivity index (χ3v) is 9.97. The van der Waals surface area contributed by atoms with Crippen molar-refractivity contribution >= 4 is 23.8 Å². The molecule has 3 fully saturated rings. The second kappa shape index (κ2) is 9.11. The van der Waals surface area contributed by atoms with Gasteiger partial charge >= 0.3 is 5.97 Å². The number of esters is 1. The minimum absolute atomic E-state index is 0.0262. The summed E-state index contributed by atoms with van der Waals surface area (Å²) in [4.78, 5) is 50.7. The van der Waals surface area contributed by atoms with Gasteiger partial charge in [-0.05, 0) is 88.5 Å². The molecule has 33 heavy (non-hydrogen) atoms. The van der Waals surface area contributed by atoms with Crippen LogP contribution in [0.5, 0.6) is 0 Å². The SMILES string of the molecule is CCCCCC(=O)O[C@]1(C(C)=O)CCC[C@H]2[C@@H]3CCC4=CC(=O)CC[C@]4(C=O)[C@H]3CC[C@@]21C. The highest BCUT2D eigenvalue weighted by Gasteiger charge is 2.66. The van der Waals surface area contributed by atoms with Gasteiger partial charge in [0.05, 0.1) is 5.41 Å². The number of ether oxygens (including phenoxy) is 1. The Bertz CT molecular complexity index is 858. The molecule has 6 atom stereocenters. The lowest BCUT2D eigenvalue weighted by Crippen LogP contribution is -2.65. The van der Waals surface area contributed by atoms with E-state index in [0.29, 0.717) is 31.6 Å². The van der Waals surface area contributed by atoms with Gasteiger partial charge in [0.1, 0.15) is 6.29 Å². The van der Waals surface area contributed by atoms with Gasteiger partial charge in [-0.2, -0.15) is 0 Å². The van der Waals surface area contributed by atoms with E-state index in [1.165, 1.54) is 0 Å². The molecule has 0 radical (unpaired) electrons. The average Bonchev–Trinajstić information content (AvgIpc) is 2.79. The maximum Gasteiger partial charge on any atom is 0.306 e. The standard InChI is InChI=1S/C28H40O5/c1-4-5-6-9-25(32)33-28(19(2)30)14-7-8-23-22-11-10-20-17-21(31)12-16-27(20,18-29)24(22)13-15-26(23,28)3/h17-18,22-24H,4-16H2,1-3H3/t22-,23-,24-,26-,27+,28-/m0/s1. The van der Waals surface area contributed by atoms with Gasteiger partial charge in [-0.25, -0.2) is 0 Å². The molecule has 0 amide bonds. The van der Waals surface area contributed by atoms with Gasteiger partial charge in [0.15, 0.2) is 17.2 Å². The van der Waals surface area contributed by atoms with Crippen LogP contribution in [0.15, 0.2) is 11.6 Å². The first kappa shape index (κ1) is 24.3. The monoisotopic (exact) mass is 456 g/mol. The van der Waals surface area contributed by atoms with E-state index in [9.17, 15) is 19.2 Å². The molecule has 0 spiro atoms. The maximum atomic E-state index is 13.2. The molecule has 4 aliphatic rings. The zero-order chi connectivity index (χ0) is 23.9. The molecule has 0 bridgehead atoms. The van der Waals surface area contributed by atoms with Gasteiger partial charge in [-0.3, -0.25) is 14.4 Å². The Labute approximate surface area is 198 Å². The fourth-order valence-corrected chi connectivity index (χ4v) is 8.29. The van der Waals surface area contributed by atoms with Crippen LogP contribution in [0.1, 0.15) is 104 Å². The highest BCUT2D eigenvalue weighted by molar-refractivity contribution is 5.93. The van der Waals surface area contributed by atoms with Crippen molar-refractivity contribution < 1.29 is 23.9 Å². The number of hydrogen-bond donors (Lipinski definition) is 0. The molecule has 5 nitrogen and oxygen atoms in total. The van der Waals surface area contributed by atoms with Gasteiger partial charge in [0.2, 0.25) is 0 Å². The number of unbranched alkanes of at least 4 members (excludes halogenated alkanes) is 2. The van der Waals surface area contributed by atoms with Crippen LogP contribution in [0.4, 0.5) is 0 Å². The van der Waals surface area contributed by atoms with Gasteiger partial charge in [0, 0.05) is 18.3 Å². The molecule has 0 unspecified atom stereocenters. The fourth-order valence-electron chi connectivity index (χ4n) is 8.29. The minimum atomic E-state index is -1.06. The molecule has 0 aromatic carbocycles. The number of aldehydes is 1. The Balaban J connectivity index is 1.65. The van der Waals surface area contributed by atoms with Crippen LogP contribution in [0.25, 0.3) is 0 Å². The summed E-state index contributed by atoms with van der Waals surface area (Å²) in [5, 5.41) is 0. The summed E-state index contributed by atoms with van der Waals surface area (Å²) < 4.78 is 6.20. The molecule has 4 rings (SSSR count). The molecule has 0 aliphatic heterocycles. The van der Waals surface area contributed by atoms with E-state index >= 15 is 0 Å². The Morgan fingerprint density at radius 2 is 1.88 bits per heavy atom. The highest BCUT2D eigenvalue weighted by atomic mass is 16.6. The molecule has 0 saturated heterocycles. The minimum Gasteiger partial charge on any atom is -0.450 e. The second-order valence-corrected chi connectivity index (χ2v) is 11.4. The zero-order valence-corrected chi connectivity index (χ0v) is 20.6. The first-order valence-electron chi connectivity index (χ1n) is 13.2. The van der Waals surface area contributed by atoms with E-state index < -0.39 is 16.4 Å². The van der Waals surface area contributed by atoms with Crippen LogP contribution in [0.2, 0.25) is 0 Å². The first-order valence-corrected chi connectivity index (χ1v) is 13.2. The molecule has 182 valence electrons. The summed E-state index contributed by atoms with van der Waals surface area (Å²) in [7, 11) is 0. The summed E-state index contributed by atoms with van der Waals surface area (Å²) >= 11 is 0. The third kappa shape index (κ3) is 3.74. The molecular formula is C28H40O5. The van der Waals surface area contributed by atoms with Crippen LogP contribution in [-0.4, -0.2) is 29.4 Å². The number of hydrogen-bond acceptors (Lipinski definition) is 5. The van der Waals surface area contributed by atoms with E-state index in [-0.39, 0.29) is 29.4 Å². The van der Waals surface area contributed by atoms with Crippen molar-refractivity contribution in [2.45, 2.75) is 110 Å². The number of allylic oxidation sites excluding steroid dienone is 2.